The topological polar surface area (TPSA) is 154 Å². The minimum atomic E-state index is -0.476. The van der Waals surface area contributed by atoms with Gasteiger partial charge < -0.3 is 25.8 Å². The molecule has 1 aromatic heterocycles. The van der Waals surface area contributed by atoms with Crippen LogP contribution in [0.4, 0.5) is 11.4 Å². The molecule has 12 aliphatic rings. The fourth-order valence-electron chi connectivity index (χ4n) is 10.9. The lowest BCUT2D eigenvalue weighted by Crippen LogP contribution is -2.51. The number of fused-ring (bicyclic) bond motifs is 3. The van der Waals surface area contributed by atoms with Crippen LogP contribution in [0, 0.1) is 10.8 Å². The number of aromatic amines is 1. The maximum absolute atomic E-state index is 13.3. The number of benzene rings is 1. The third-order valence-electron chi connectivity index (χ3n) is 12.7. The van der Waals surface area contributed by atoms with Crippen molar-refractivity contribution in [3.63, 3.8) is 0 Å². The number of allylic oxidation sites excluding steroid dienone is 5. The van der Waals surface area contributed by atoms with Crippen molar-refractivity contribution in [1.82, 2.24) is 10.3 Å². The summed E-state index contributed by atoms with van der Waals surface area (Å²) in [5, 5.41) is 33.2. The van der Waals surface area contributed by atoms with E-state index in [0.29, 0.717) is 45.4 Å². The lowest BCUT2D eigenvalue weighted by atomic mass is 9.72. The first-order valence-corrected chi connectivity index (χ1v) is 20.1. The Morgan fingerprint density at radius 1 is 1.04 bits per heavy atom. The SMILES string of the molecule is O=C1CC23SC(C=C2C=C1Br)Nc1c(O)c2c4c(c13)=NCCC=4C=N2.O=C1CC23SC4CC2(C=C1Br)C31C2=NCCc3c[nH]c(c32)C([O-])=C1N4. The van der Waals surface area contributed by atoms with E-state index in [2.05, 4.69) is 64.6 Å². The normalized spacial score (nSPS) is 37.2. The number of Topliss-reactive ketones (excluding diaryl/α,β-unsaturated/α-hetero) is 2. The summed E-state index contributed by atoms with van der Waals surface area (Å²) >= 11 is 10.5. The van der Waals surface area contributed by atoms with Crippen molar-refractivity contribution >= 4 is 102 Å². The van der Waals surface area contributed by atoms with Crippen LogP contribution in [0.15, 0.2) is 59.6 Å². The molecule has 6 unspecified atom stereocenters. The van der Waals surface area contributed by atoms with Crippen molar-refractivity contribution in [2.75, 3.05) is 18.4 Å². The minimum absolute atomic E-state index is 0.0264. The second-order valence-electron chi connectivity index (χ2n) is 14.7. The van der Waals surface area contributed by atoms with E-state index in [-0.39, 0.29) is 44.0 Å². The van der Waals surface area contributed by atoms with Gasteiger partial charge >= 0.3 is 0 Å². The lowest BCUT2D eigenvalue weighted by Gasteiger charge is -2.46. The number of nitrogens with one attached hydrogen (secondary N) is 3. The average molecular weight is 830 g/mol. The van der Waals surface area contributed by atoms with Crippen LogP contribution >= 0.6 is 55.4 Å². The van der Waals surface area contributed by atoms with Crippen LogP contribution in [0.3, 0.4) is 0 Å². The molecule has 0 radical (unpaired) electrons. The van der Waals surface area contributed by atoms with Crippen LogP contribution in [-0.4, -0.2) is 62.2 Å². The smallest absolute Gasteiger partial charge is 0.171 e. The zero-order valence-electron chi connectivity index (χ0n) is 26.1. The molecule has 1 saturated carbocycles. The number of nitrogens with zero attached hydrogens (tertiary/aromatic N) is 3. The van der Waals surface area contributed by atoms with Crippen molar-refractivity contribution in [1.29, 1.82) is 0 Å². The van der Waals surface area contributed by atoms with E-state index in [4.69, 9.17) is 9.98 Å². The first kappa shape index (κ1) is 29.3. The lowest BCUT2D eigenvalue weighted by molar-refractivity contribution is -0.247. The van der Waals surface area contributed by atoms with Gasteiger partial charge in [0.05, 0.1) is 51.4 Å². The number of carbonyl (C=O) groups excluding carboxylic acids is 2. The Hall–Kier alpha value is -3.33. The number of H-pyrrole nitrogens is 1. The number of aromatic nitrogens is 1. The van der Waals surface area contributed by atoms with Gasteiger partial charge in [-0.15, -0.1) is 23.5 Å². The molecule has 0 amide bonds. The molecule has 3 saturated heterocycles. The summed E-state index contributed by atoms with van der Waals surface area (Å²) in [6.45, 7) is 1.46. The fourth-order valence-corrected chi connectivity index (χ4v) is 15.7. The molecule has 6 bridgehead atoms. The van der Waals surface area contributed by atoms with E-state index >= 15 is 0 Å². The number of thioether (sulfide) groups is 2. The van der Waals surface area contributed by atoms with Crippen molar-refractivity contribution < 1.29 is 19.8 Å². The zero-order valence-corrected chi connectivity index (χ0v) is 30.9. The van der Waals surface area contributed by atoms with Gasteiger partial charge in [0.25, 0.3) is 0 Å². The number of halogens is 2. The van der Waals surface area contributed by atoms with Gasteiger partial charge in [0.15, 0.2) is 17.3 Å². The molecular formula is C36H25Br2N6O4S2-. The largest absolute Gasteiger partial charge is 0.870 e. The number of ketones is 2. The first-order valence-electron chi connectivity index (χ1n) is 16.8. The first-order chi connectivity index (χ1) is 24.1. The highest BCUT2D eigenvalue weighted by molar-refractivity contribution is 9.12. The van der Waals surface area contributed by atoms with Crippen LogP contribution in [0.5, 0.6) is 5.75 Å². The molecule has 14 rings (SSSR count). The van der Waals surface area contributed by atoms with Crippen LogP contribution in [-0.2, 0) is 20.8 Å². The summed E-state index contributed by atoms with van der Waals surface area (Å²) < 4.78 is 0.574. The van der Waals surface area contributed by atoms with Gasteiger partial charge in [-0.1, -0.05) is 11.8 Å². The number of hydrogen-bond donors (Lipinski definition) is 4. The number of aliphatic imine (C=N–C) groups is 2. The van der Waals surface area contributed by atoms with E-state index in [1.165, 1.54) is 5.56 Å². The number of anilines is 1. The van der Waals surface area contributed by atoms with E-state index < -0.39 is 10.2 Å². The highest BCUT2D eigenvalue weighted by Gasteiger charge is 2.95. The van der Waals surface area contributed by atoms with Crippen LogP contribution in [0.2, 0.25) is 0 Å². The molecular weight excluding hydrogens is 804 g/mol. The fraction of sp³-hybridized carbons (Fsp3) is 0.361. The second-order valence-corrected chi connectivity index (χ2v) is 19.3. The predicted molar refractivity (Wildman–Crippen MR) is 198 cm³/mol. The Balaban J connectivity index is 0.000000114. The summed E-state index contributed by atoms with van der Waals surface area (Å²) in [4.78, 5) is 42.5. The number of rotatable bonds is 0. The summed E-state index contributed by atoms with van der Waals surface area (Å²) in [6.07, 6.45) is 13.5. The highest BCUT2D eigenvalue weighted by atomic mass is 79.9. The highest BCUT2D eigenvalue weighted by Crippen LogP contribution is 2.93. The minimum Gasteiger partial charge on any atom is -0.870 e. The van der Waals surface area contributed by atoms with Crippen molar-refractivity contribution in [2.24, 2.45) is 25.8 Å². The van der Waals surface area contributed by atoms with Gasteiger partial charge in [0.1, 0.15) is 5.69 Å². The summed E-state index contributed by atoms with van der Waals surface area (Å²) in [5.74, 6) is 0.474. The maximum Gasteiger partial charge on any atom is 0.171 e. The van der Waals surface area contributed by atoms with Crippen LogP contribution < -0.4 is 26.3 Å². The van der Waals surface area contributed by atoms with Crippen molar-refractivity contribution in [3.8, 4) is 5.75 Å². The molecule has 8 aliphatic heterocycles. The Bertz CT molecular complexity index is 2520. The molecule has 4 fully saturated rings. The molecule has 6 atom stereocenters. The molecule has 9 heterocycles. The molecule has 250 valence electrons. The van der Waals surface area contributed by atoms with E-state index in [1.807, 2.05) is 30.2 Å². The Labute approximate surface area is 309 Å². The summed E-state index contributed by atoms with van der Waals surface area (Å²) in [5.41, 5.74) is 8.58. The quantitative estimate of drug-likeness (QED) is 0.294. The van der Waals surface area contributed by atoms with Crippen LogP contribution in [0.1, 0.15) is 48.1 Å². The summed E-state index contributed by atoms with van der Waals surface area (Å²) in [7, 11) is 0. The number of carbonyl (C=O) groups is 2. The third kappa shape index (κ3) is 2.96. The molecule has 4 aliphatic carbocycles. The van der Waals surface area contributed by atoms with Crippen molar-refractivity contribution in [3.05, 3.63) is 77.6 Å². The van der Waals surface area contributed by atoms with E-state index in [9.17, 15) is 19.8 Å². The van der Waals surface area contributed by atoms with Gasteiger partial charge in [0, 0.05) is 71.5 Å². The summed E-state index contributed by atoms with van der Waals surface area (Å²) in [6, 6.07) is 0. The molecule has 1 aromatic carbocycles. The number of phenols is 1. The molecule has 10 nitrogen and oxygen atoms in total. The van der Waals surface area contributed by atoms with Gasteiger partial charge in [-0.3, -0.25) is 24.6 Å². The number of piperidine rings is 1. The zero-order chi connectivity index (χ0) is 33.7. The Morgan fingerprint density at radius 3 is 2.76 bits per heavy atom. The second kappa shape index (κ2) is 8.99. The van der Waals surface area contributed by atoms with Gasteiger partial charge in [-0.2, -0.15) is 0 Å². The van der Waals surface area contributed by atoms with E-state index in [0.717, 1.165) is 70.1 Å². The monoisotopic (exact) mass is 827 g/mol. The maximum atomic E-state index is 13.3. The van der Waals surface area contributed by atoms with Crippen molar-refractivity contribution in [2.45, 2.75) is 52.3 Å². The van der Waals surface area contributed by atoms with Gasteiger partial charge in [-0.25, -0.2) is 0 Å². The number of aromatic hydroxyl groups is 1. The van der Waals surface area contributed by atoms with E-state index in [1.54, 1.807) is 11.8 Å². The molecule has 4 spiro atoms. The average Bonchev–Trinajstić information content (AvgIpc) is 3.68. The Morgan fingerprint density at radius 2 is 1.88 bits per heavy atom. The standard InChI is InChI=1S/C18H14BrN3O2S.C18H12BrN3O2S/c19-8-3-16-5-10-22-15-13(24)12-11-7(6-21-12)1-2-20-14(11)18(15,16)17(16,25-10)4-9(8)23;19-9-3-8-4-11-22-16-13(18(8,25-11)5-10(9)23)14-12-7(1-2-20-14)6-21-15(12)17(16)24/h3,6,10,21-22,24H,1-2,4-5H2;3-4,6,11,22,24H,1-2,5H2/p-1. The van der Waals surface area contributed by atoms with Gasteiger partial charge in [0.2, 0.25) is 0 Å². The molecule has 2 aromatic rings. The number of hydrogen-bond acceptors (Lipinski definition) is 11. The molecule has 14 heteroatoms. The van der Waals surface area contributed by atoms with Gasteiger partial charge in [-0.05, 0) is 80.0 Å². The predicted octanol–water partition coefficient (Wildman–Crippen LogP) is 3.60. The third-order valence-corrected chi connectivity index (χ3v) is 17.3. The molecule has 4 N–H and O–H groups in total. The number of phenolic OH excluding ortho intramolecular Hbond substituents is 1. The Kier molecular flexibility index (Phi) is 5.26. The molecule has 50 heavy (non-hydrogen) atoms. The van der Waals surface area contributed by atoms with Crippen LogP contribution in [0.25, 0.3) is 11.3 Å².